The molecule has 0 N–H and O–H groups in total. The SMILES string of the molecule is COC(=O)C[Se]C1CCCCC1. The standard InChI is InChI=1S/C9H16O2Se/c1-11-9(10)7-12-8-5-3-2-4-6-8/h8H,2-7H2,1H3. The zero-order valence-electron chi connectivity index (χ0n) is 7.54. The Bertz CT molecular complexity index is 141. The fourth-order valence-electron chi connectivity index (χ4n) is 1.48. The molecule has 2 nitrogen and oxygen atoms in total. The topological polar surface area (TPSA) is 26.3 Å². The van der Waals surface area contributed by atoms with Gasteiger partial charge in [0.2, 0.25) is 0 Å². The van der Waals surface area contributed by atoms with E-state index in [0.29, 0.717) is 20.3 Å². The molecule has 12 heavy (non-hydrogen) atoms. The van der Waals surface area contributed by atoms with Crippen LogP contribution < -0.4 is 0 Å². The average Bonchev–Trinajstić information content (AvgIpc) is 2.16. The molecule has 0 spiro atoms. The van der Waals surface area contributed by atoms with E-state index in [-0.39, 0.29) is 5.97 Å². The summed E-state index contributed by atoms with van der Waals surface area (Å²) in [4.78, 5) is 11.7. The number of carbonyl (C=O) groups excluding carboxylic acids is 1. The quantitative estimate of drug-likeness (QED) is 0.552. The molecule has 0 saturated heterocycles. The molecule has 0 amide bonds. The fraction of sp³-hybridized carbons (Fsp3) is 0.889. The predicted molar refractivity (Wildman–Crippen MR) is 49.4 cm³/mol. The summed E-state index contributed by atoms with van der Waals surface area (Å²) in [5.74, 6) is -0.0272. The first kappa shape index (κ1) is 10.1. The number of rotatable bonds is 3. The Balaban J connectivity index is 2.09. The first-order valence-electron chi connectivity index (χ1n) is 4.51. The van der Waals surface area contributed by atoms with E-state index in [1.165, 1.54) is 39.2 Å². The van der Waals surface area contributed by atoms with Crippen molar-refractivity contribution in [3.05, 3.63) is 0 Å². The van der Waals surface area contributed by atoms with Gasteiger partial charge in [-0.25, -0.2) is 0 Å². The minimum absolute atomic E-state index is 0.0272. The molecule has 70 valence electrons. The van der Waals surface area contributed by atoms with Crippen molar-refractivity contribution in [2.24, 2.45) is 0 Å². The van der Waals surface area contributed by atoms with E-state index in [1.807, 2.05) is 0 Å². The molecule has 1 fully saturated rings. The van der Waals surface area contributed by atoms with Crippen LogP contribution in [0.3, 0.4) is 0 Å². The summed E-state index contributed by atoms with van der Waals surface area (Å²) in [6.45, 7) is 0. The van der Waals surface area contributed by atoms with Crippen LogP contribution in [0, 0.1) is 0 Å². The number of hydrogen-bond donors (Lipinski definition) is 0. The van der Waals surface area contributed by atoms with Gasteiger partial charge < -0.3 is 0 Å². The van der Waals surface area contributed by atoms with E-state index in [9.17, 15) is 4.79 Å². The van der Waals surface area contributed by atoms with Crippen molar-refractivity contribution in [3.8, 4) is 0 Å². The normalized spacial score (nSPS) is 19.1. The van der Waals surface area contributed by atoms with Gasteiger partial charge in [0.25, 0.3) is 0 Å². The Hall–Kier alpha value is -0.0105. The van der Waals surface area contributed by atoms with Crippen LogP contribution in [0.4, 0.5) is 0 Å². The van der Waals surface area contributed by atoms with Gasteiger partial charge in [0.15, 0.2) is 0 Å². The zero-order valence-corrected chi connectivity index (χ0v) is 9.26. The molecule has 0 aliphatic heterocycles. The van der Waals surface area contributed by atoms with Gasteiger partial charge in [-0.15, -0.1) is 0 Å². The molecule has 1 aliphatic rings. The minimum atomic E-state index is -0.0272. The summed E-state index contributed by atoms with van der Waals surface area (Å²) in [7, 11) is 1.47. The maximum absolute atomic E-state index is 10.8. The van der Waals surface area contributed by atoms with E-state index < -0.39 is 0 Å². The second-order valence-electron chi connectivity index (χ2n) is 3.15. The molecule has 1 rings (SSSR count). The van der Waals surface area contributed by atoms with Gasteiger partial charge in [-0.3, -0.25) is 0 Å². The van der Waals surface area contributed by atoms with Gasteiger partial charge in [0, 0.05) is 0 Å². The second-order valence-corrected chi connectivity index (χ2v) is 5.85. The number of esters is 1. The summed E-state index contributed by atoms with van der Waals surface area (Å²) >= 11 is 0.494. The van der Waals surface area contributed by atoms with Crippen molar-refractivity contribution in [2.45, 2.75) is 42.2 Å². The number of methoxy groups -OCH3 is 1. The van der Waals surface area contributed by atoms with Crippen molar-refractivity contribution in [2.75, 3.05) is 7.11 Å². The first-order chi connectivity index (χ1) is 5.83. The average molecular weight is 235 g/mol. The molecule has 0 atom stereocenters. The Labute approximate surface area is 80.2 Å². The molecular weight excluding hydrogens is 219 g/mol. The van der Waals surface area contributed by atoms with Crippen LogP contribution >= 0.6 is 0 Å². The van der Waals surface area contributed by atoms with Gasteiger partial charge in [0.1, 0.15) is 0 Å². The second kappa shape index (κ2) is 5.60. The molecule has 1 saturated carbocycles. The Morgan fingerprint density at radius 3 is 2.67 bits per heavy atom. The molecule has 0 radical (unpaired) electrons. The summed E-state index contributed by atoms with van der Waals surface area (Å²) in [5, 5.41) is 0.675. The molecule has 0 aromatic heterocycles. The van der Waals surface area contributed by atoms with Crippen molar-refractivity contribution in [1.82, 2.24) is 0 Å². The number of ether oxygens (including phenoxy) is 1. The predicted octanol–water partition coefficient (Wildman–Crippen LogP) is 2.03. The number of carbonyl (C=O) groups is 1. The van der Waals surface area contributed by atoms with Crippen LogP contribution in [-0.2, 0) is 9.53 Å². The van der Waals surface area contributed by atoms with Crippen LogP contribution in [0.2, 0.25) is 10.1 Å². The fourth-order valence-corrected chi connectivity index (χ4v) is 3.90. The Kier molecular flexibility index (Phi) is 4.70. The monoisotopic (exact) mass is 236 g/mol. The van der Waals surface area contributed by atoms with Gasteiger partial charge in [-0.1, -0.05) is 0 Å². The van der Waals surface area contributed by atoms with E-state index in [0.717, 1.165) is 4.82 Å². The molecule has 0 aromatic carbocycles. The van der Waals surface area contributed by atoms with Gasteiger partial charge in [0.05, 0.1) is 0 Å². The third-order valence-electron chi connectivity index (χ3n) is 2.22. The van der Waals surface area contributed by atoms with E-state index in [4.69, 9.17) is 0 Å². The molecule has 0 heterocycles. The van der Waals surface area contributed by atoms with Gasteiger partial charge >= 0.3 is 79.8 Å². The summed E-state index contributed by atoms with van der Waals surface area (Å²) in [5.41, 5.74) is 0. The van der Waals surface area contributed by atoms with Gasteiger partial charge in [-0.05, 0) is 0 Å². The van der Waals surface area contributed by atoms with Crippen LogP contribution in [0.25, 0.3) is 0 Å². The molecule has 0 bridgehead atoms. The van der Waals surface area contributed by atoms with Crippen molar-refractivity contribution >= 4 is 20.9 Å². The third-order valence-corrected chi connectivity index (χ3v) is 5.04. The molecule has 0 unspecified atom stereocenters. The Morgan fingerprint density at radius 2 is 2.08 bits per heavy atom. The molecular formula is C9H16O2Se. The van der Waals surface area contributed by atoms with Crippen molar-refractivity contribution in [3.63, 3.8) is 0 Å². The first-order valence-corrected chi connectivity index (χ1v) is 6.71. The summed E-state index contributed by atoms with van der Waals surface area (Å²) in [6.07, 6.45) is 6.82. The maximum atomic E-state index is 10.8. The molecule has 0 aromatic rings. The zero-order chi connectivity index (χ0) is 8.81. The van der Waals surface area contributed by atoms with E-state index in [1.54, 1.807) is 0 Å². The van der Waals surface area contributed by atoms with E-state index >= 15 is 0 Å². The number of hydrogen-bond acceptors (Lipinski definition) is 2. The van der Waals surface area contributed by atoms with Crippen LogP contribution in [-0.4, -0.2) is 28.0 Å². The van der Waals surface area contributed by atoms with Gasteiger partial charge in [-0.2, -0.15) is 0 Å². The molecule has 1 aliphatic carbocycles. The van der Waals surface area contributed by atoms with Crippen molar-refractivity contribution in [1.29, 1.82) is 0 Å². The van der Waals surface area contributed by atoms with E-state index in [2.05, 4.69) is 4.74 Å². The summed E-state index contributed by atoms with van der Waals surface area (Å²) < 4.78 is 4.62. The van der Waals surface area contributed by atoms with Crippen LogP contribution in [0.1, 0.15) is 32.1 Å². The summed E-state index contributed by atoms with van der Waals surface area (Å²) in [6, 6.07) is 0. The van der Waals surface area contributed by atoms with Crippen LogP contribution in [0.5, 0.6) is 0 Å². The van der Waals surface area contributed by atoms with Crippen molar-refractivity contribution < 1.29 is 9.53 Å². The third kappa shape index (κ3) is 3.59. The van der Waals surface area contributed by atoms with Crippen LogP contribution in [0.15, 0.2) is 0 Å². The Morgan fingerprint density at radius 1 is 1.42 bits per heavy atom. The molecule has 3 heteroatoms.